The first kappa shape index (κ1) is 15.9. The van der Waals surface area contributed by atoms with Gasteiger partial charge in [-0.05, 0) is 55.0 Å². The maximum Gasteiger partial charge on any atom is 0.250 e. The summed E-state index contributed by atoms with van der Waals surface area (Å²) in [6, 6.07) is 13.6. The average Bonchev–Trinajstić information content (AvgIpc) is 3.06. The lowest BCUT2D eigenvalue weighted by atomic mass is 9.60. The lowest BCUT2D eigenvalue weighted by molar-refractivity contribution is 0.100. The maximum atomic E-state index is 11.6. The molecule has 0 spiro atoms. The van der Waals surface area contributed by atoms with Gasteiger partial charge in [0.2, 0.25) is 0 Å². The fraction of sp³-hybridized carbons (Fsp3) is 0.263. The number of amides is 1. The summed E-state index contributed by atoms with van der Waals surface area (Å²) in [7, 11) is 6.55. The van der Waals surface area contributed by atoms with Crippen molar-refractivity contribution >= 4 is 24.7 Å². The highest BCUT2D eigenvalue weighted by Gasteiger charge is 2.27. The minimum absolute atomic E-state index is 0.315. The molecule has 2 heterocycles. The standard InChI is InChI=1S/C19H19BN4O/c20-19(9-2-10-22-12-19)14-5-7-15(8-6-14)24-11-13-3-1-4-16(18(21)25)17(13)23-24/h1,3-8,11,22H,2,9-10,12H2,(H2,21,25)/t19-/m0/s1. The number of benzene rings is 2. The molecule has 1 aliphatic heterocycles. The minimum Gasteiger partial charge on any atom is -0.366 e. The molecular formula is C19H19BN4O. The molecule has 25 heavy (non-hydrogen) atoms. The molecule has 1 aromatic heterocycles. The molecule has 0 aliphatic carbocycles. The highest BCUT2D eigenvalue weighted by molar-refractivity contribution is 6.16. The van der Waals surface area contributed by atoms with Gasteiger partial charge >= 0.3 is 0 Å². The van der Waals surface area contributed by atoms with Gasteiger partial charge < -0.3 is 11.1 Å². The number of piperidine rings is 1. The third-order valence-corrected chi connectivity index (χ3v) is 4.93. The number of primary amides is 1. The monoisotopic (exact) mass is 330 g/mol. The summed E-state index contributed by atoms with van der Waals surface area (Å²) in [6.07, 6.45) is 3.96. The quantitative estimate of drug-likeness (QED) is 0.720. The largest absolute Gasteiger partial charge is 0.366 e. The molecule has 5 nitrogen and oxygen atoms in total. The lowest BCUT2D eigenvalue weighted by Crippen LogP contribution is -2.43. The van der Waals surface area contributed by atoms with E-state index in [0.717, 1.165) is 42.6 Å². The number of nitrogens with one attached hydrogen (secondary N) is 1. The van der Waals surface area contributed by atoms with E-state index in [0.29, 0.717) is 11.1 Å². The predicted octanol–water partition coefficient (Wildman–Crippen LogP) is 1.87. The van der Waals surface area contributed by atoms with Crippen LogP contribution in [0.4, 0.5) is 0 Å². The summed E-state index contributed by atoms with van der Waals surface area (Å²) < 4.78 is 1.77. The SMILES string of the molecule is [B][C@@]1(c2ccc(-n3cc4cccc(C(N)=O)c4n3)cc2)CCCNC1. The van der Waals surface area contributed by atoms with Crippen molar-refractivity contribution in [2.45, 2.75) is 18.2 Å². The van der Waals surface area contributed by atoms with Gasteiger partial charge in [0.25, 0.3) is 5.91 Å². The zero-order chi connectivity index (χ0) is 17.4. The van der Waals surface area contributed by atoms with Crippen molar-refractivity contribution in [2.75, 3.05) is 13.1 Å². The molecule has 2 aromatic carbocycles. The van der Waals surface area contributed by atoms with Crippen molar-refractivity contribution in [3.8, 4) is 5.69 Å². The molecule has 1 aliphatic rings. The number of nitrogens with two attached hydrogens (primary N) is 1. The smallest absolute Gasteiger partial charge is 0.250 e. The highest BCUT2D eigenvalue weighted by Crippen LogP contribution is 2.28. The van der Waals surface area contributed by atoms with Crippen LogP contribution in [0.5, 0.6) is 0 Å². The van der Waals surface area contributed by atoms with E-state index in [9.17, 15) is 4.79 Å². The van der Waals surface area contributed by atoms with E-state index in [1.165, 1.54) is 0 Å². The molecule has 6 heteroatoms. The fourth-order valence-electron chi connectivity index (χ4n) is 3.50. The van der Waals surface area contributed by atoms with Gasteiger partial charge in [-0.3, -0.25) is 4.79 Å². The Bertz CT molecular complexity index is 926. The Balaban J connectivity index is 1.69. The molecule has 3 N–H and O–H groups in total. The van der Waals surface area contributed by atoms with Gasteiger partial charge in [-0.1, -0.05) is 24.3 Å². The number of hydrogen-bond acceptors (Lipinski definition) is 3. The summed E-state index contributed by atoms with van der Waals surface area (Å²) in [5.41, 5.74) is 8.53. The van der Waals surface area contributed by atoms with Crippen LogP contribution >= 0.6 is 0 Å². The molecule has 3 aromatic rings. The Labute approximate surface area is 147 Å². The van der Waals surface area contributed by atoms with E-state index >= 15 is 0 Å². The van der Waals surface area contributed by atoms with E-state index in [1.54, 1.807) is 10.7 Å². The third-order valence-electron chi connectivity index (χ3n) is 4.93. The van der Waals surface area contributed by atoms with Crippen LogP contribution in [0.25, 0.3) is 16.6 Å². The summed E-state index contributed by atoms with van der Waals surface area (Å²) >= 11 is 0. The van der Waals surface area contributed by atoms with Crippen molar-refractivity contribution in [3.63, 3.8) is 0 Å². The topological polar surface area (TPSA) is 72.9 Å². The molecular weight excluding hydrogens is 311 g/mol. The van der Waals surface area contributed by atoms with Crippen molar-refractivity contribution in [1.82, 2.24) is 15.1 Å². The fourth-order valence-corrected chi connectivity index (χ4v) is 3.50. The Morgan fingerprint density at radius 2 is 2.04 bits per heavy atom. The molecule has 0 saturated carbocycles. The number of aromatic nitrogens is 2. The van der Waals surface area contributed by atoms with Gasteiger partial charge in [0.1, 0.15) is 5.52 Å². The van der Waals surface area contributed by atoms with Crippen LogP contribution in [0.1, 0.15) is 28.8 Å². The van der Waals surface area contributed by atoms with Gasteiger partial charge in [0.15, 0.2) is 0 Å². The van der Waals surface area contributed by atoms with E-state index in [2.05, 4.69) is 22.5 Å². The molecule has 124 valence electrons. The van der Waals surface area contributed by atoms with Crippen molar-refractivity contribution in [1.29, 1.82) is 0 Å². The van der Waals surface area contributed by atoms with E-state index in [1.807, 2.05) is 30.5 Å². The first-order valence-corrected chi connectivity index (χ1v) is 8.46. The molecule has 1 saturated heterocycles. The van der Waals surface area contributed by atoms with Crippen molar-refractivity contribution < 1.29 is 4.79 Å². The van der Waals surface area contributed by atoms with Crippen LogP contribution in [0.15, 0.2) is 48.7 Å². The van der Waals surface area contributed by atoms with Crippen LogP contribution in [0.2, 0.25) is 0 Å². The zero-order valence-electron chi connectivity index (χ0n) is 13.9. The summed E-state index contributed by atoms with van der Waals surface area (Å²) in [5.74, 6) is -0.471. The summed E-state index contributed by atoms with van der Waals surface area (Å²) in [4.78, 5) is 11.6. The van der Waals surface area contributed by atoms with Crippen molar-refractivity contribution in [2.24, 2.45) is 5.73 Å². The van der Waals surface area contributed by atoms with Gasteiger partial charge in [-0.15, -0.1) is 0 Å². The molecule has 1 fully saturated rings. The zero-order valence-corrected chi connectivity index (χ0v) is 13.9. The van der Waals surface area contributed by atoms with Gasteiger partial charge in [-0.25, -0.2) is 4.68 Å². The third kappa shape index (κ3) is 2.83. The highest BCUT2D eigenvalue weighted by atomic mass is 16.1. The first-order chi connectivity index (χ1) is 12.1. The minimum atomic E-state index is -0.471. The average molecular weight is 330 g/mol. The second-order valence-electron chi connectivity index (χ2n) is 6.66. The second kappa shape index (κ2) is 6.04. The number of rotatable bonds is 3. The van der Waals surface area contributed by atoms with Crippen LogP contribution in [0, 0.1) is 0 Å². The van der Waals surface area contributed by atoms with E-state index < -0.39 is 5.91 Å². The predicted molar refractivity (Wildman–Crippen MR) is 99.1 cm³/mol. The van der Waals surface area contributed by atoms with Crippen LogP contribution in [-0.2, 0) is 5.31 Å². The van der Waals surface area contributed by atoms with Crippen LogP contribution < -0.4 is 11.1 Å². The van der Waals surface area contributed by atoms with Gasteiger partial charge in [0, 0.05) is 11.6 Å². The number of nitrogens with zero attached hydrogens (tertiary/aromatic N) is 2. The molecule has 2 radical (unpaired) electrons. The van der Waals surface area contributed by atoms with Crippen LogP contribution in [-0.4, -0.2) is 36.6 Å². The van der Waals surface area contributed by atoms with E-state index in [4.69, 9.17) is 13.6 Å². The Kier molecular flexibility index (Phi) is 3.84. The number of carbonyl (C=O) groups is 1. The molecule has 0 bridgehead atoms. The number of carbonyl (C=O) groups excluding carboxylic acids is 1. The summed E-state index contributed by atoms with van der Waals surface area (Å²) in [6.45, 7) is 1.82. The van der Waals surface area contributed by atoms with Gasteiger partial charge in [0.05, 0.1) is 19.1 Å². The molecule has 0 unspecified atom stereocenters. The normalized spacial score (nSPS) is 20.6. The maximum absolute atomic E-state index is 11.6. The Morgan fingerprint density at radius 1 is 1.24 bits per heavy atom. The number of fused-ring (bicyclic) bond motifs is 1. The Hall–Kier alpha value is -2.60. The second-order valence-corrected chi connectivity index (χ2v) is 6.66. The van der Waals surface area contributed by atoms with E-state index in [-0.39, 0.29) is 5.31 Å². The first-order valence-electron chi connectivity index (χ1n) is 8.46. The van der Waals surface area contributed by atoms with Gasteiger partial charge in [-0.2, -0.15) is 5.10 Å². The molecule has 1 atom stereocenters. The molecule has 1 amide bonds. The van der Waals surface area contributed by atoms with Crippen molar-refractivity contribution in [3.05, 3.63) is 59.8 Å². The Morgan fingerprint density at radius 3 is 2.72 bits per heavy atom. The lowest BCUT2D eigenvalue weighted by Gasteiger charge is -2.35. The molecule has 4 rings (SSSR count). The van der Waals surface area contributed by atoms with Crippen LogP contribution in [0.3, 0.4) is 0 Å². The summed E-state index contributed by atoms with van der Waals surface area (Å²) in [5, 5.41) is 8.47. The number of hydrogen-bond donors (Lipinski definition) is 2.